The van der Waals surface area contributed by atoms with Crippen LogP contribution in [0.25, 0.3) is 0 Å². The van der Waals surface area contributed by atoms with Crippen molar-refractivity contribution in [2.24, 2.45) is 23.2 Å². The molecule has 88 valence electrons. The van der Waals surface area contributed by atoms with Crippen LogP contribution in [0.1, 0.15) is 48.0 Å². The fourth-order valence-electron chi connectivity index (χ4n) is 2.14. The van der Waals surface area contributed by atoms with Gasteiger partial charge in [0.25, 0.3) is 0 Å². The maximum Gasteiger partial charge on any atom is 0.132 e. The molecule has 0 aromatic heterocycles. The minimum absolute atomic E-state index is 0.0426. The molecule has 0 radical (unpaired) electrons. The maximum atomic E-state index is 11.3. The minimum atomic E-state index is -0.376. The molecule has 0 aromatic carbocycles. The van der Waals surface area contributed by atoms with Crippen LogP contribution in [0.15, 0.2) is 0 Å². The van der Waals surface area contributed by atoms with Gasteiger partial charge >= 0.3 is 0 Å². The molecule has 0 amide bonds. The average Bonchev–Trinajstić information content (AvgIpc) is 2.14. The fourth-order valence-corrected chi connectivity index (χ4v) is 2.14. The normalized spacial score (nSPS) is 19.4. The van der Waals surface area contributed by atoms with Crippen LogP contribution >= 0.6 is 0 Å². The maximum absolute atomic E-state index is 11.3. The van der Waals surface area contributed by atoms with Gasteiger partial charge in [0.1, 0.15) is 12.1 Å². The fraction of sp³-hybridized carbons (Fsp3) is 0.846. The van der Waals surface area contributed by atoms with Gasteiger partial charge in [-0.15, -0.1) is 0 Å². The first-order valence-corrected chi connectivity index (χ1v) is 5.71. The van der Waals surface area contributed by atoms with Gasteiger partial charge in [0.2, 0.25) is 0 Å². The molecule has 0 aliphatic carbocycles. The van der Waals surface area contributed by atoms with Gasteiger partial charge in [-0.1, -0.05) is 34.6 Å². The molecule has 2 heteroatoms. The van der Waals surface area contributed by atoms with E-state index in [0.717, 1.165) is 12.7 Å². The molecule has 0 spiro atoms. The smallest absolute Gasteiger partial charge is 0.132 e. The summed E-state index contributed by atoms with van der Waals surface area (Å²) in [4.78, 5) is 22.5. The molecule has 0 rings (SSSR count). The lowest BCUT2D eigenvalue weighted by atomic mass is 9.68. The Morgan fingerprint density at radius 1 is 1.27 bits per heavy atom. The second-order valence-electron chi connectivity index (χ2n) is 5.41. The van der Waals surface area contributed by atoms with E-state index in [9.17, 15) is 9.59 Å². The summed E-state index contributed by atoms with van der Waals surface area (Å²) in [6.07, 6.45) is 1.87. The molecule has 0 aliphatic rings. The third-order valence-corrected chi connectivity index (χ3v) is 3.55. The quantitative estimate of drug-likeness (QED) is 0.634. The van der Waals surface area contributed by atoms with Crippen LogP contribution < -0.4 is 0 Å². The van der Waals surface area contributed by atoms with Crippen molar-refractivity contribution in [2.75, 3.05) is 0 Å². The summed E-state index contributed by atoms with van der Waals surface area (Å²) in [7, 11) is 0. The predicted molar refractivity (Wildman–Crippen MR) is 62.6 cm³/mol. The Kier molecular flexibility index (Phi) is 5.19. The lowest BCUT2D eigenvalue weighted by molar-refractivity contribution is -0.126. The Hall–Kier alpha value is -0.660. The van der Waals surface area contributed by atoms with Crippen LogP contribution in [-0.2, 0) is 9.59 Å². The number of ketones is 1. The van der Waals surface area contributed by atoms with Crippen molar-refractivity contribution in [1.82, 2.24) is 0 Å². The molecule has 0 saturated carbocycles. The molecule has 0 aromatic rings. The monoisotopic (exact) mass is 212 g/mol. The summed E-state index contributed by atoms with van der Waals surface area (Å²) in [5, 5.41) is 0. The average molecular weight is 212 g/mol. The highest BCUT2D eigenvalue weighted by atomic mass is 16.1. The van der Waals surface area contributed by atoms with E-state index in [1.807, 2.05) is 20.8 Å². The van der Waals surface area contributed by atoms with Crippen molar-refractivity contribution < 1.29 is 9.59 Å². The Labute approximate surface area is 93.4 Å². The number of carbonyl (C=O) groups excluding carboxylic acids is 2. The Balaban J connectivity index is 4.78. The number of Topliss-reactive ketones (excluding diaryl/α,β-unsaturated/α-hetero) is 1. The van der Waals surface area contributed by atoms with E-state index in [2.05, 4.69) is 13.8 Å². The number of aldehydes is 1. The zero-order valence-corrected chi connectivity index (χ0v) is 10.8. The third kappa shape index (κ3) is 3.77. The summed E-state index contributed by atoms with van der Waals surface area (Å²) >= 11 is 0. The zero-order chi connectivity index (χ0) is 12.2. The standard InChI is InChI=1S/C13H24O2/c1-9(2)7-13(6,8-14)11(4)10(3)12(5)15/h8-11H,7H2,1-6H3. The topological polar surface area (TPSA) is 34.1 Å². The molecule has 0 heterocycles. The van der Waals surface area contributed by atoms with Gasteiger partial charge in [0.15, 0.2) is 0 Å². The van der Waals surface area contributed by atoms with Gasteiger partial charge in [0, 0.05) is 11.3 Å². The molecule has 0 saturated heterocycles. The number of rotatable bonds is 6. The summed E-state index contributed by atoms with van der Waals surface area (Å²) in [5.74, 6) is 0.704. The highest BCUT2D eigenvalue weighted by molar-refractivity contribution is 5.79. The zero-order valence-electron chi connectivity index (χ0n) is 10.8. The van der Waals surface area contributed by atoms with Crippen molar-refractivity contribution in [3.8, 4) is 0 Å². The first-order valence-electron chi connectivity index (χ1n) is 5.71. The van der Waals surface area contributed by atoms with Crippen LogP contribution in [0.3, 0.4) is 0 Å². The highest BCUT2D eigenvalue weighted by Crippen LogP contribution is 2.36. The van der Waals surface area contributed by atoms with Gasteiger partial charge in [0.05, 0.1) is 0 Å². The largest absolute Gasteiger partial charge is 0.303 e. The summed E-state index contributed by atoms with van der Waals surface area (Å²) in [5.41, 5.74) is -0.376. The van der Waals surface area contributed by atoms with Crippen LogP contribution in [0.5, 0.6) is 0 Å². The number of carbonyl (C=O) groups is 2. The van der Waals surface area contributed by atoms with Crippen molar-refractivity contribution in [3.05, 3.63) is 0 Å². The molecule has 3 unspecified atom stereocenters. The Morgan fingerprint density at radius 3 is 2.00 bits per heavy atom. The van der Waals surface area contributed by atoms with Crippen LogP contribution in [0, 0.1) is 23.2 Å². The molecule has 0 bridgehead atoms. The highest BCUT2D eigenvalue weighted by Gasteiger charge is 2.36. The first kappa shape index (κ1) is 14.3. The Bertz CT molecular complexity index is 233. The molecule has 0 fully saturated rings. The molecule has 15 heavy (non-hydrogen) atoms. The van der Waals surface area contributed by atoms with Crippen molar-refractivity contribution in [2.45, 2.75) is 48.0 Å². The van der Waals surface area contributed by atoms with Crippen LogP contribution in [0.2, 0.25) is 0 Å². The number of hydrogen-bond acceptors (Lipinski definition) is 2. The lowest BCUT2D eigenvalue weighted by Gasteiger charge is -2.34. The van der Waals surface area contributed by atoms with E-state index in [-0.39, 0.29) is 23.0 Å². The summed E-state index contributed by atoms with van der Waals surface area (Å²) in [6, 6.07) is 0. The Morgan fingerprint density at radius 2 is 1.73 bits per heavy atom. The molecule has 3 atom stereocenters. The SMILES string of the molecule is CC(=O)C(C)C(C)C(C)(C=O)CC(C)C. The minimum Gasteiger partial charge on any atom is -0.303 e. The van der Waals surface area contributed by atoms with Gasteiger partial charge < -0.3 is 4.79 Å². The van der Waals surface area contributed by atoms with Gasteiger partial charge in [-0.25, -0.2) is 0 Å². The molecular weight excluding hydrogens is 188 g/mol. The first-order chi connectivity index (χ1) is 6.74. The van der Waals surface area contributed by atoms with E-state index in [1.54, 1.807) is 6.92 Å². The second kappa shape index (κ2) is 5.43. The predicted octanol–water partition coefficient (Wildman–Crippen LogP) is 3.10. The molecule has 0 aliphatic heterocycles. The van der Waals surface area contributed by atoms with E-state index >= 15 is 0 Å². The van der Waals surface area contributed by atoms with Crippen LogP contribution in [-0.4, -0.2) is 12.1 Å². The van der Waals surface area contributed by atoms with E-state index in [4.69, 9.17) is 0 Å². The van der Waals surface area contributed by atoms with E-state index in [1.165, 1.54) is 0 Å². The van der Waals surface area contributed by atoms with Crippen molar-refractivity contribution >= 4 is 12.1 Å². The molecule has 0 N–H and O–H groups in total. The summed E-state index contributed by atoms with van der Waals surface area (Å²) < 4.78 is 0. The third-order valence-electron chi connectivity index (χ3n) is 3.55. The van der Waals surface area contributed by atoms with Gasteiger partial charge in [-0.2, -0.15) is 0 Å². The number of hydrogen-bond donors (Lipinski definition) is 0. The lowest BCUT2D eigenvalue weighted by Crippen LogP contribution is -2.35. The van der Waals surface area contributed by atoms with Gasteiger partial charge in [-0.05, 0) is 25.2 Å². The van der Waals surface area contributed by atoms with Gasteiger partial charge in [-0.3, -0.25) is 4.79 Å². The molecule has 2 nitrogen and oxygen atoms in total. The van der Waals surface area contributed by atoms with E-state index < -0.39 is 0 Å². The second-order valence-corrected chi connectivity index (χ2v) is 5.41. The van der Waals surface area contributed by atoms with Crippen molar-refractivity contribution in [1.29, 1.82) is 0 Å². The molecular formula is C13H24O2. The summed E-state index contributed by atoms with van der Waals surface area (Å²) in [6.45, 7) is 11.7. The van der Waals surface area contributed by atoms with E-state index in [0.29, 0.717) is 5.92 Å². The van der Waals surface area contributed by atoms with Crippen molar-refractivity contribution in [3.63, 3.8) is 0 Å². The van der Waals surface area contributed by atoms with Crippen LogP contribution in [0.4, 0.5) is 0 Å².